The van der Waals surface area contributed by atoms with Crippen LogP contribution in [0.2, 0.25) is 0 Å². The van der Waals surface area contributed by atoms with Crippen LogP contribution < -0.4 is 10.9 Å². The van der Waals surface area contributed by atoms with Gasteiger partial charge in [0.15, 0.2) is 0 Å². The van der Waals surface area contributed by atoms with Gasteiger partial charge in [-0.3, -0.25) is 9.59 Å². The number of nitrogens with one attached hydrogen (secondary N) is 1. The van der Waals surface area contributed by atoms with Crippen molar-refractivity contribution in [3.8, 4) is 0 Å². The van der Waals surface area contributed by atoms with Crippen molar-refractivity contribution >= 4 is 17.2 Å². The van der Waals surface area contributed by atoms with Crippen LogP contribution in [0.1, 0.15) is 10.4 Å². The smallest absolute Gasteiger partial charge is 0.354 e. The molecule has 0 radical (unpaired) electrons. The summed E-state index contributed by atoms with van der Waals surface area (Å²) in [5.41, 5.74) is -1.61. The van der Waals surface area contributed by atoms with Crippen molar-refractivity contribution in [2.45, 2.75) is 19.1 Å². The third kappa shape index (κ3) is 4.45. The normalized spacial score (nSPS) is 11.4. The maximum Gasteiger partial charge on any atom is 0.417 e. The zero-order valence-electron chi connectivity index (χ0n) is 11.4. The van der Waals surface area contributed by atoms with E-state index in [1.807, 2.05) is 17.5 Å². The van der Waals surface area contributed by atoms with Gasteiger partial charge in [0.25, 0.3) is 5.56 Å². The number of carbonyl (C=O) groups is 1. The topological polar surface area (TPSA) is 51.1 Å². The van der Waals surface area contributed by atoms with Gasteiger partial charge in [-0.15, -0.1) is 11.3 Å². The average molecular weight is 330 g/mol. The Morgan fingerprint density at radius 3 is 2.68 bits per heavy atom. The fourth-order valence-corrected chi connectivity index (χ4v) is 2.52. The van der Waals surface area contributed by atoms with Crippen molar-refractivity contribution in [2.24, 2.45) is 0 Å². The summed E-state index contributed by atoms with van der Waals surface area (Å²) in [5.74, 6) is -0.502. The Morgan fingerprint density at radius 2 is 2.05 bits per heavy atom. The minimum Gasteiger partial charge on any atom is -0.354 e. The standard InChI is InChI=1S/C14H13F3N2O2S/c15-14(16,17)10-3-4-13(21)19(8-10)9-12(20)18-6-5-11-2-1-7-22-11/h1-4,7-8H,5-6,9H2,(H,18,20). The van der Waals surface area contributed by atoms with Crippen LogP contribution in [-0.2, 0) is 23.9 Å². The summed E-state index contributed by atoms with van der Waals surface area (Å²) in [6.07, 6.45) is -3.26. The first kappa shape index (κ1) is 16.3. The molecule has 0 aliphatic carbocycles. The molecule has 8 heteroatoms. The zero-order valence-corrected chi connectivity index (χ0v) is 12.2. The molecule has 2 aromatic heterocycles. The number of carbonyl (C=O) groups excluding carboxylic acids is 1. The molecule has 118 valence electrons. The SMILES string of the molecule is O=C(Cn1cc(C(F)(F)F)ccc1=O)NCCc1cccs1. The van der Waals surface area contributed by atoms with Gasteiger partial charge in [-0.05, 0) is 23.9 Å². The molecule has 1 N–H and O–H groups in total. The van der Waals surface area contributed by atoms with Crippen LogP contribution in [0.5, 0.6) is 0 Å². The van der Waals surface area contributed by atoms with Crippen molar-refractivity contribution in [3.05, 3.63) is 56.6 Å². The fraction of sp³-hybridized carbons (Fsp3) is 0.286. The maximum atomic E-state index is 12.6. The van der Waals surface area contributed by atoms with Crippen molar-refractivity contribution in [1.29, 1.82) is 0 Å². The Labute approximate surface area is 128 Å². The molecule has 0 aliphatic rings. The number of pyridine rings is 1. The lowest BCUT2D eigenvalue weighted by atomic mass is 10.2. The van der Waals surface area contributed by atoms with E-state index in [-0.39, 0.29) is 0 Å². The highest BCUT2D eigenvalue weighted by Crippen LogP contribution is 2.27. The van der Waals surface area contributed by atoms with E-state index in [0.717, 1.165) is 15.5 Å². The average Bonchev–Trinajstić information content (AvgIpc) is 2.93. The second kappa shape index (κ2) is 6.78. The number of rotatable bonds is 5. The molecule has 2 aromatic rings. The maximum absolute atomic E-state index is 12.6. The Bertz CT molecular complexity index is 693. The van der Waals surface area contributed by atoms with Crippen LogP contribution >= 0.6 is 11.3 Å². The molecule has 2 rings (SSSR count). The zero-order chi connectivity index (χ0) is 16.2. The van der Waals surface area contributed by atoms with E-state index in [2.05, 4.69) is 5.32 Å². The molecular weight excluding hydrogens is 317 g/mol. The molecule has 0 unspecified atom stereocenters. The van der Waals surface area contributed by atoms with Gasteiger partial charge in [0, 0.05) is 23.7 Å². The van der Waals surface area contributed by atoms with E-state index in [1.54, 1.807) is 11.3 Å². The Balaban J connectivity index is 1.94. The minimum atomic E-state index is -4.55. The predicted octanol–water partition coefficient (Wildman–Crippen LogP) is 2.29. The van der Waals surface area contributed by atoms with E-state index in [1.165, 1.54) is 0 Å². The predicted molar refractivity (Wildman–Crippen MR) is 76.7 cm³/mol. The summed E-state index contributed by atoms with van der Waals surface area (Å²) < 4.78 is 38.5. The highest BCUT2D eigenvalue weighted by Gasteiger charge is 2.31. The highest BCUT2D eigenvalue weighted by atomic mass is 32.1. The lowest BCUT2D eigenvalue weighted by Gasteiger charge is -2.10. The number of alkyl halides is 3. The molecule has 2 heterocycles. The third-order valence-electron chi connectivity index (χ3n) is 2.90. The fourth-order valence-electron chi connectivity index (χ4n) is 1.81. The van der Waals surface area contributed by atoms with E-state index in [4.69, 9.17) is 0 Å². The Morgan fingerprint density at radius 1 is 1.27 bits per heavy atom. The molecule has 1 amide bonds. The summed E-state index contributed by atoms with van der Waals surface area (Å²) in [4.78, 5) is 24.3. The Kier molecular flexibility index (Phi) is 5.02. The molecule has 0 bridgehead atoms. The second-order valence-electron chi connectivity index (χ2n) is 4.56. The van der Waals surface area contributed by atoms with Crippen LogP contribution in [0.4, 0.5) is 13.2 Å². The first-order valence-electron chi connectivity index (χ1n) is 6.43. The highest BCUT2D eigenvalue weighted by molar-refractivity contribution is 7.09. The lowest BCUT2D eigenvalue weighted by Crippen LogP contribution is -2.33. The van der Waals surface area contributed by atoms with Crippen LogP contribution in [0, 0.1) is 0 Å². The van der Waals surface area contributed by atoms with Crippen LogP contribution in [0.3, 0.4) is 0 Å². The molecule has 0 spiro atoms. The third-order valence-corrected chi connectivity index (χ3v) is 3.83. The number of hydrogen-bond donors (Lipinski definition) is 1. The number of nitrogens with zero attached hydrogens (tertiary/aromatic N) is 1. The molecule has 0 aliphatic heterocycles. The minimum absolute atomic E-state index is 0.368. The molecule has 0 aromatic carbocycles. The molecule has 0 saturated carbocycles. The van der Waals surface area contributed by atoms with Gasteiger partial charge in [-0.2, -0.15) is 13.2 Å². The van der Waals surface area contributed by atoms with E-state index < -0.39 is 29.8 Å². The van der Waals surface area contributed by atoms with Gasteiger partial charge in [0.05, 0.1) is 5.56 Å². The van der Waals surface area contributed by atoms with Crippen molar-refractivity contribution < 1.29 is 18.0 Å². The summed E-state index contributed by atoms with van der Waals surface area (Å²) in [7, 11) is 0. The number of amides is 1. The molecule has 0 fully saturated rings. The van der Waals surface area contributed by atoms with Gasteiger partial charge in [0.2, 0.25) is 5.91 Å². The molecule has 4 nitrogen and oxygen atoms in total. The van der Waals surface area contributed by atoms with E-state index >= 15 is 0 Å². The summed E-state index contributed by atoms with van der Waals surface area (Å²) in [6, 6.07) is 5.33. The lowest BCUT2D eigenvalue weighted by molar-refractivity contribution is -0.138. The quantitative estimate of drug-likeness (QED) is 0.914. The van der Waals surface area contributed by atoms with Crippen molar-refractivity contribution in [1.82, 2.24) is 9.88 Å². The van der Waals surface area contributed by atoms with E-state index in [0.29, 0.717) is 25.2 Å². The number of aromatic nitrogens is 1. The van der Waals surface area contributed by atoms with Crippen LogP contribution in [0.15, 0.2) is 40.6 Å². The largest absolute Gasteiger partial charge is 0.417 e. The summed E-state index contributed by atoms with van der Waals surface area (Å²) in [6.45, 7) is -0.0692. The van der Waals surface area contributed by atoms with Gasteiger partial charge in [0.1, 0.15) is 6.54 Å². The summed E-state index contributed by atoms with van der Waals surface area (Å²) in [5, 5.41) is 4.50. The van der Waals surface area contributed by atoms with Gasteiger partial charge in [-0.1, -0.05) is 6.07 Å². The van der Waals surface area contributed by atoms with Gasteiger partial charge >= 0.3 is 6.18 Å². The van der Waals surface area contributed by atoms with Crippen LogP contribution in [-0.4, -0.2) is 17.0 Å². The van der Waals surface area contributed by atoms with Gasteiger partial charge < -0.3 is 9.88 Å². The molecule has 0 saturated heterocycles. The molecule has 0 atom stereocenters. The van der Waals surface area contributed by atoms with Crippen LogP contribution in [0.25, 0.3) is 0 Å². The first-order valence-corrected chi connectivity index (χ1v) is 7.31. The second-order valence-corrected chi connectivity index (χ2v) is 5.59. The van der Waals surface area contributed by atoms with Crippen molar-refractivity contribution in [2.75, 3.05) is 6.54 Å². The van der Waals surface area contributed by atoms with Gasteiger partial charge in [-0.25, -0.2) is 0 Å². The van der Waals surface area contributed by atoms with E-state index in [9.17, 15) is 22.8 Å². The molecular formula is C14H13F3N2O2S. The number of hydrogen-bond acceptors (Lipinski definition) is 3. The van der Waals surface area contributed by atoms with Crippen molar-refractivity contribution in [3.63, 3.8) is 0 Å². The molecule has 22 heavy (non-hydrogen) atoms. The monoisotopic (exact) mass is 330 g/mol. The number of halogens is 3. The number of thiophene rings is 1. The summed E-state index contributed by atoms with van der Waals surface area (Å²) >= 11 is 1.55. The first-order chi connectivity index (χ1) is 10.4. The Hall–Kier alpha value is -2.09.